The molecule has 0 amide bonds. The zero-order valence-corrected chi connectivity index (χ0v) is 15.0. The summed E-state index contributed by atoms with van der Waals surface area (Å²) >= 11 is 5.10. The molecule has 7 heteroatoms. The molecule has 1 aromatic carbocycles. The molecule has 1 aliphatic rings. The Balaban J connectivity index is 2.03. The van der Waals surface area contributed by atoms with Gasteiger partial charge >= 0.3 is 0 Å². The summed E-state index contributed by atoms with van der Waals surface area (Å²) in [7, 11) is 1.66. The number of para-hydroxylation sites is 1. The lowest BCUT2D eigenvalue weighted by Crippen LogP contribution is -2.39. The predicted molar refractivity (Wildman–Crippen MR) is 99.6 cm³/mol. The number of H-pyrrole nitrogens is 2. The van der Waals surface area contributed by atoms with Crippen LogP contribution in [0.15, 0.2) is 29.1 Å². The first-order valence-corrected chi connectivity index (χ1v) is 8.79. The average Bonchev–Trinajstić information content (AvgIpc) is 2.99. The van der Waals surface area contributed by atoms with Crippen LogP contribution in [-0.2, 0) is 13.5 Å². The highest BCUT2D eigenvalue weighted by atomic mass is 32.1. The Kier molecular flexibility index (Phi) is 3.77. The van der Waals surface area contributed by atoms with Crippen molar-refractivity contribution in [2.24, 2.45) is 7.05 Å². The fraction of sp³-hybridized carbons (Fsp3) is 0.333. The second kappa shape index (κ2) is 5.86. The minimum Gasteiger partial charge on any atom is -0.494 e. The largest absolute Gasteiger partial charge is 0.494 e. The number of benzene rings is 1. The first-order valence-electron chi connectivity index (χ1n) is 8.38. The van der Waals surface area contributed by atoms with Crippen LogP contribution in [0.1, 0.15) is 29.8 Å². The molecule has 0 spiro atoms. The molecule has 6 nitrogen and oxygen atoms in total. The third kappa shape index (κ3) is 2.34. The molecule has 3 aromatic rings. The standard InChI is InChI=1S/C18H20N4O2S/c1-3-22-9-8-11-10-6-4-5-7-12(10)19-14(11)15(22)13-16(23)20-18(25)21(2)17(13)24/h4-7,15,19,24H,3,8-9H2,1-2H3,(H,20,23,25). The number of nitrogens with one attached hydrogen (secondary N) is 2. The maximum atomic E-state index is 12.7. The number of aromatic hydroxyl groups is 1. The molecule has 2 aromatic heterocycles. The normalized spacial score (nSPS) is 17.8. The van der Waals surface area contributed by atoms with Crippen molar-refractivity contribution < 1.29 is 5.11 Å². The number of fused-ring (bicyclic) bond motifs is 3. The molecule has 1 unspecified atom stereocenters. The number of likely N-dealkylation sites (N-methyl/N-ethyl adjacent to an activating group) is 1. The van der Waals surface area contributed by atoms with E-state index in [9.17, 15) is 9.90 Å². The van der Waals surface area contributed by atoms with Gasteiger partial charge in [0.05, 0.1) is 6.04 Å². The summed E-state index contributed by atoms with van der Waals surface area (Å²) in [6.07, 6.45) is 0.910. The minimum atomic E-state index is -0.337. The topological polar surface area (TPSA) is 77.1 Å². The molecule has 0 aliphatic carbocycles. The predicted octanol–water partition coefficient (Wildman–Crippen LogP) is 2.60. The highest BCUT2D eigenvalue weighted by molar-refractivity contribution is 7.71. The van der Waals surface area contributed by atoms with Crippen LogP contribution in [0.5, 0.6) is 5.88 Å². The van der Waals surface area contributed by atoms with Gasteiger partial charge in [-0.25, -0.2) is 0 Å². The molecule has 0 fully saturated rings. The molecular formula is C18H20N4O2S. The van der Waals surface area contributed by atoms with Gasteiger partial charge in [0.25, 0.3) is 5.56 Å². The van der Waals surface area contributed by atoms with E-state index in [-0.39, 0.29) is 22.3 Å². The summed E-state index contributed by atoms with van der Waals surface area (Å²) in [6, 6.07) is 7.82. The fourth-order valence-electron chi connectivity index (χ4n) is 3.83. The van der Waals surface area contributed by atoms with Crippen molar-refractivity contribution in [2.75, 3.05) is 13.1 Å². The van der Waals surface area contributed by atoms with E-state index < -0.39 is 0 Å². The van der Waals surface area contributed by atoms with Crippen LogP contribution >= 0.6 is 12.2 Å². The zero-order valence-electron chi connectivity index (χ0n) is 14.2. The Labute approximate surface area is 149 Å². The maximum absolute atomic E-state index is 12.7. The van der Waals surface area contributed by atoms with Gasteiger partial charge in [0.2, 0.25) is 5.88 Å². The van der Waals surface area contributed by atoms with Crippen molar-refractivity contribution in [2.45, 2.75) is 19.4 Å². The van der Waals surface area contributed by atoms with Crippen LogP contribution in [0, 0.1) is 4.77 Å². The van der Waals surface area contributed by atoms with E-state index in [1.807, 2.05) is 18.2 Å². The van der Waals surface area contributed by atoms with Crippen molar-refractivity contribution in [3.05, 3.63) is 56.2 Å². The molecule has 130 valence electrons. The Hall–Kier alpha value is -2.38. The van der Waals surface area contributed by atoms with Gasteiger partial charge in [0, 0.05) is 30.2 Å². The van der Waals surface area contributed by atoms with Gasteiger partial charge in [0.1, 0.15) is 5.56 Å². The SMILES string of the molecule is CCN1CCc2c([nH]c3ccccc23)C1c1c(O)n(C)c(=S)[nH]c1=O. The van der Waals surface area contributed by atoms with Crippen LogP contribution in [0.25, 0.3) is 10.9 Å². The number of rotatable bonds is 2. The highest BCUT2D eigenvalue weighted by Crippen LogP contribution is 2.39. The molecule has 0 bridgehead atoms. The lowest BCUT2D eigenvalue weighted by molar-refractivity contribution is 0.215. The third-order valence-corrected chi connectivity index (χ3v) is 5.52. The summed E-state index contributed by atoms with van der Waals surface area (Å²) in [5.41, 5.74) is 3.25. The molecule has 1 aliphatic heterocycles. The average molecular weight is 356 g/mol. The van der Waals surface area contributed by atoms with E-state index in [0.717, 1.165) is 30.7 Å². The monoisotopic (exact) mass is 356 g/mol. The van der Waals surface area contributed by atoms with Gasteiger partial charge in [-0.3, -0.25) is 19.2 Å². The van der Waals surface area contributed by atoms with Crippen LogP contribution < -0.4 is 5.56 Å². The Morgan fingerprint density at radius 3 is 2.84 bits per heavy atom. The number of nitrogens with zero attached hydrogens (tertiary/aromatic N) is 2. The van der Waals surface area contributed by atoms with Crippen molar-refractivity contribution in [1.29, 1.82) is 0 Å². The lowest BCUT2D eigenvalue weighted by Gasteiger charge is -2.35. The Morgan fingerprint density at radius 2 is 2.08 bits per heavy atom. The summed E-state index contributed by atoms with van der Waals surface area (Å²) in [5.74, 6) is -0.0799. The highest BCUT2D eigenvalue weighted by Gasteiger charge is 2.35. The van der Waals surface area contributed by atoms with Gasteiger partial charge in [0.15, 0.2) is 4.77 Å². The Morgan fingerprint density at radius 1 is 1.32 bits per heavy atom. The molecule has 3 heterocycles. The first kappa shape index (κ1) is 16.1. The van der Waals surface area contributed by atoms with E-state index in [2.05, 4.69) is 27.9 Å². The summed E-state index contributed by atoms with van der Waals surface area (Å²) in [5, 5.41) is 11.8. The van der Waals surface area contributed by atoms with Crippen molar-refractivity contribution >= 4 is 23.1 Å². The molecule has 0 saturated heterocycles. The number of hydrogen-bond acceptors (Lipinski definition) is 4. The van der Waals surface area contributed by atoms with E-state index >= 15 is 0 Å². The molecular weight excluding hydrogens is 336 g/mol. The van der Waals surface area contributed by atoms with Crippen molar-refractivity contribution in [3.8, 4) is 5.88 Å². The van der Waals surface area contributed by atoms with Crippen LogP contribution in [0.2, 0.25) is 0 Å². The van der Waals surface area contributed by atoms with Crippen molar-refractivity contribution in [3.63, 3.8) is 0 Å². The molecule has 0 saturated carbocycles. The summed E-state index contributed by atoms with van der Waals surface area (Å²) < 4.78 is 1.65. The lowest BCUT2D eigenvalue weighted by atomic mass is 9.93. The second-order valence-corrected chi connectivity index (χ2v) is 6.79. The zero-order chi connectivity index (χ0) is 17.7. The van der Waals surface area contributed by atoms with Crippen LogP contribution in [0.4, 0.5) is 0 Å². The maximum Gasteiger partial charge on any atom is 0.260 e. The van der Waals surface area contributed by atoms with Gasteiger partial charge in [-0.1, -0.05) is 25.1 Å². The molecule has 4 rings (SSSR count). The molecule has 1 atom stereocenters. The molecule has 3 N–H and O–H groups in total. The van der Waals surface area contributed by atoms with E-state index in [1.165, 1.54) is 15.5 Å². The van der Waals surface area contributed by atoms with Crippen molar-refractivity contribution in [1.82, 2.24) is 19.4 Å². The van der Waals surface area contributed by atoms with Gasteiger partial charge < -0.3 is 10.1 Å². The quantitative estimate of drug-likeness (QED) is 0.617. The summed E-state index contributed by atoms with van der Waals surface area (Å²) in [6.45, 7) is 3.67. The van der Waals surface area contributed by atoms with Gasteiger partial charge in [-0.2, -0.15) is 0 Å². The number of hydrogen-bond donors (Lipinski definition) is 3. The smallest absolute Gasteiger partial charge is 0.260 e. The molecule has 25 heavy (non-hydrogen) atoms. The van der Waals surface area contributed by atoms with E-state index in [0.29, 0.717) is 5.56 Å². The van der Waals surface area contributed by atoms with Gasteiger partial charge in [-0.15, -0.1) is 0 Å². The van der Waals surface area contributed by atoms with E-state index in [1.54, 1.807) is 7.05 Å². The second-order valence-electron chi connectivity index (χ2n) is 6.40. The van der Waals surface area contributed by atoms with Crippen LogP contribution in [0.3, 0.4) is 0 Å². The number of aromatic amines is 2. The first-order chi connectivity index (χ1) is 12.0. The Bertz CT molecular complexity index is 1080. The third-order valence-electron chi connectivity index (χ3n) is 5.14. The van der Waals surface area contributed by atoms with E-state index in [4.69, 9.17) is 12.2 Å². The molecule has 0 radical (unpaired) electrons. The van der Waals surface area contributed by atoms with Crippen LogP contribution in [-0.4, -0.2) is 37.6 Å². The summed E-state index contributed by atoms with van der Waals surface area (Å²) in [4.78, 5) is 21.0. The fourth-order valence-corrected chi connectivity index (χ4v) is 4.01. The number of aromatic nitrogens is 3. The minimum absolute atomic E-state index is 0.0799. The van der Waals surface area contributed by atoms with Gasteiger partial charge in [-0.05, 0) is 36.8 Å².